The molecule has 0 fully saturated rings. The summed E-state index contributed by atoms with van der Waals surface area (Å²) in [6, 6.07) is 4.15. The molecule has 0 aliphatic heterocycles. The third-order valence-electron chi connectivity index (χ3n) is 2.94. The zero-order valence-electron chi connectivity index (χ0n) is 10.9. The van der Waals surface area contributed by atoms with Gasteiger partial charge in [0.2, 0.25) is 0 Å². The van der Waals surface area contributed by atoms with Crippen LogP contribution >= 0.6 is 0 Å². The molecule has 1 aromatic carbocycles. The summed E-state index contributed by atoms with van der Waals surface area (Å²) in [6.07, 6.45) is 3.17. The van der Waals surface area contributed by atoms with Gasteiger partial charge in [0.05, 0.1) is 18.1 Å². The number of nitrogens with two attached hydrogens (primary N) is 1. The number of rotatable bonds is 3. The monoisotopic (exact) mass is 243 g/mol. The Morgan fingerprint density at radius 1 is 1.06 bits per heavy atom. The molecule has 4 heteroatoms. The number of aromatic nitrogens is 2. The standard InChI is InChI=1S/C14H17N3O/c1-9-4-5-10(2)14(11(9)3)18-8-13-16-6-12(15)7-17-13/h4-7H,8,15H2,1-3H3. The minimum absolute atomic E-state index is 0.353. The molecule has 0 saturated heterocycles. The molecule has 0 radical (unpaired) electrons. The van der Waals surface area contributed by atoms with Crippen molar-refractivity contribution in [2.75, 3.05) is 5.73 Å². The summed E-state index contributed by atoms with van der Waals surface area (Å²) in [4.78, 5) is 8.23. The summed E-state index contributed by atoms with van der Waals surface area (Å²) in [5.41, 5.74) is 9.59. The molecule has 0 saturated carbocycles. The molecule has 0 atom stereocenters. The van der Waals surface area contributed by atoms with Gasteiger partial charge in [0.1, 0.15) is 12.4 Å². The molecule has 0 bridgehead atoms. The van der Waals surface area contributed by atoms with E-state index in [9.17, 15) is 0 Å². The minimum Gasteiger partial charge on any atom is -0.485 e. The smallest absolute Gasteiger partial charge is 0.166 e. The number of aryl methyl sites for hydroxylation is 2. The largest absolute Gasteiger partial charge is 0.485 e. The molecular formula is C14H17N3O. The Balaban J connectivity index is 2.15. The molecule has 2 rings (SSSR count). The van der Waals surface area contributed by atoms with Crippen molar-refractivity contribution < 1.29 is 4.74 Å². The van der Waals surface area contributed by atoms with Gasteiger partial charge in [-0.05, 0) is 37.5 Å². The van der Waals surface area contributed by atoms with Crippen molar-refractivity contribution in [3.8, 4) is 5.75 Å². The SMILES string of the molecule is Cc1ccc(C)c(OCc2ncc(N)cn2)c1C. The maximum atomic E-state index is 5.81. The lowest BCUT2D eigenvalue weighted by atomic mass is 10.1. The third kappa shape index (κ3) is 2.59. The van der Waals surface area contributed by atoms with Gasteiger partial charge in [0.25, 0.3) is 0 Å². The van der Waals surface area contributed by atoms with Crippen molar-refractivity contribution >= 4 is 5.69 Å². The van der Waals surface area contributed by atoms with Gasteiger partial charge < -0.3 is 10.5 Å². The average molecular weight is 243 g/mol. The van der Waals surface area contributed by atoms with Crippen molar-refractivity contribution in [2.45, 2.75) is 27.4 Å². The highest BCUT2D eigenvalue weighted by Gasteiger charge is 2.07. The Kier molecular flexibility index (Phi) is 3.46. The number of nitrogen functional groups attached to an aromatic ring is 1. The quantitative estimate of drug-likeness (QED) is 0.900. The average Bonchev–Trinajstić information content (AvgIpc) is 2.36. The van der Waals surface area contributed by atoms with Crippen LogP contribution in [0.2, 0.25) is 0 Å². The van der Waals surface area contributed by atoms with Gasteiger partial charge in [-0.25, -0.2) is 9.97 Å². The summed E-state index contributed by atoms with van der Waals surface area (Å²) in [6.45, 7) is 6.51. The maximum Gasteiger partial charge on any atom is 0.166 e. The fourth-order valence-corrected chi connectivity index (χ4v) is 1.72. The molecule has 4 nitrogen and oxygen atoms in total. The van der Waals surface area contributed by atoms with E-state index in [1.54, 1.807) is 12.4 Å². The normalized spacial score (nSPS) is 10.4. The van der Waals surface area contributed by atoms with Crippen LogP contribution in [0.25, 0.3) is 0 Å². The molecule has 2 N–H and O–H groups in total. The van der Waals surface area contributed by atoms with Crippen molar-refractivity contribution in [2.24, 2.45) is 0 Å². The highest BCUT2D eigenvalue weighted by molar-refractivity contribution is 5.44. The number of ether oxygens (including phenoxy) is 1. The summed E-state index contributed by atoms with van der Waals surface area (Å²) in [7, 11) is 0. The Morgan fingerprint density at radius 2 is 1.67 bits per heavy atom. The van der Waals surface area contributed by atoms with Gasteiger partial charge in [-0.3, -0.25) is 0 Å². The van der Waals surface area contributed by atoms with E-state index in [1.807, 2.05) is 6.92 Å². The fraction of sp³-hybridized carbons (Fsp3) is 0.286. The Labute approximate surface area is 107 Å². The van der Waals surface area contributed by atoms with Gasteiger partial charge >= 0.3 is 0 Å². The number of hydrogen-bond acceptors (Lipinski definition) is 4. The minimum atomic E-state index is 0.353. The zero-order chi connectivity index (χ0) is 13.1. The Bertz CT molecular complexity index is 550. The van der Waals surface area contributed by atoms with Gasteiger partial charge in [-0.1, -0.05) is 12.1 Å². The second-order valence-corrected chi connectivity index (χ2v) is 4.37. The molecular weight excluding hydrogens is 226 g/mol. The fourth-order valence-electron chi connectivity index (χ4n) is 1.72. The van der Waals surface area contributed by atoms with Crippen molar-refractivity contribution in [1.82, 2.24) is 9.97 Å². The highest BCUT2D eigenvalue weighted by atomic mass is 16.5. The first-order chi connectivity index (χ1) is 8.58. The van der Waals surface area contributed by atoms with Crippen LogP contribution in [0.3, 0.4) is 0 Å². The van der Waals surface area contributed by atoms with E-state index >= 15 is 0 Å². The van der Waals surface area contributed by atoms with E-state index in [0.29, 0.717) is 18.1 Å². The van der Waals surface area contributed by atoms with Gasteiger partial charge in [0.15, 0.2) is 5.82 Å². The lowest BCUT2D eigenvalue weighted by Gasteiger charge is -2.13. The third-order valence-corrected chi connectivity index (χ3v) is 2.94. The van der Waals surface area contributed by atoms with E-state index in [0.717, 1.165) is 16.9 Å². The predicted molar refractivity (Wildman–Crippen MR) is 71.4 cm³/mol. The maximum absolute atomic E-state index is 5.81. The first kappa shape index (κ1) is 12.4. The van der Waals surface area contributed by atoms with Crippen LogP contribution in [0.4, 0.5) is 5.69 Å². The molecule has 0 aliphatic carbocycles. The molecule has 0 spiro atoms. The van der Waals surface area contributed by atoms with Crippen LogP contribution in [0.5, 0.6) is 5.75 Å². The summed E-state index contributed by atoms with van der Waals surface area (Å²) < 4.78 is 5.81. The molecule has 94 valence electrons. The number of hydrogen-bond donors (Lipinski definition) is 1. The van der Waals surface area contributed by atoms with Crippen LogP contribution < -0.4 is 10.5 Å². The second-order valence-electron chi connectivity index (χ2n) is 4.37. The van der Waals surface area contributed by atoms with E-state index in [1.165, 1.54) is 5.56 Å². The van der Waals surface area contributed by atoms with Crippen LogP contribution in [-0.2, 0) is 6.61 Å². The molecule has 1 aromatic heterocycles. The lowest BCUT2D eigenvalue weighted by molar-refractivity contribution is 0.291. The first-order valence-electron chi connectivity index (χ1n) is 5.84. The molecule has 0 unspecified atom stereocenters. The number of benzene rings is 1. The van der Waals surface area contributed by atoms with Crippen LogP contribution in [0.1, 0.15) is 22.5 Å². The zero-order valence-corrected chi connectivity index (χ0v) is 10.9. The Morgan fingerprint density at radius 3 is 2.33 bits per heavy atom. The van der Waals surface area contributed by atoms with E-state index in [4.69, 9.17) is 10.5 Å². The molecule has 18 heavy (non-hydrogen) atoms. The van der Waals surface area contributed by atoms with Crippen LogP contribution in [0.15, 0.2) is 24.5 Å². The summed E-state index contributed by atoms with van der Waals surface area (Å²) >= 11 is 0. The molecule has 0 amide bonds. The van der Waals surface area contributed by atoms with Crippen molar-refractivity contribution in [3.63, 3.8) is 0 Å². The van der Waals surface area contributed by atoms with Gasteiger partial charge in [-0.15, -0.1) is 0 Å². The van der Waals surface area contributed by atoms with Crippen LogP contribution in [-0.4, -0.2) is 9.97 Å². The number of anilines is 1. The van der Waals surface area contributed by atoms with Crippen LogP contribution in [0, 0.1) is 20.8 Å². The molecule has 2 aromatic rings. The van der Waals surface area contributed by atoms with E-state index in [2.05, 4.69) is 35.9 Å². The van der Waals surface area contributed by atoms with Crippen molar-refractivity contribution in [1.29, 1.82) is 0 Å². The first-order valence-corrected chi connectivity index (χ1v) is 5.84. The summed E-state index contributed by atoms with van der Waals surface area (Å²) in [5.74, 6) is 1.54. The summed E-state index contributed by atoms with van der Waals surface area (Å²) in [5, 5.41) is 0. The van der Waals surface area contributed by atoms with Crippen molar-refractivity contribution in [3.05, 3.63) is 47.0 Å². The Hall–Kier alpha value is -2.10. The molecule has 1 heterocycles. The second kappa shape index (κ2) is 5.04. The van der Waals surface area contributed by atoms with Gasteiger partial charge in [-0.2, -0.15) is 0 Å². The lowest BCUT2D eigenvalue weighted by Crippen LogP contribution is -2.04. The van der Waals surface area contributed by atoms with E-state index in [-0.39, 0.29) is 0 Å². The number of nitrogens with zero attached hydrogens (tertiary/aromatic N) is 2. The predicted octanol–water partition coefficient (Wildman–Crippen LogP) is 2.56. The topological polar surface area (TPSA) is 61.0 Å². The van der Waals surface area contributed by atoms with E-state index < -0.39 is 0 Å². The highest BCUT2D eigenvalue weighted by Crippen LogP contribution is 2.26. The molecule has 0 aliphatic rings. The van der Waals surface area contributed by atoms with Gasteiger partial charge in [0, 0.05) is 0 Å².